The van der Waals surface area contributed by atoms with E-state index in [9.17, 15) is 25.9 Å². The van der Waals surface area contributed by atoms with Gasteiger partial charge in [-0.3, -0.25) is 9.11 Å². The fourth-order valence-corrected chi connectivity index (χ4v) is 9.16. The number of nitrogens with zero attached hydrogens (tertiary/aromatic N) is 4. The number of halogens is 4. The second-order valence-electron chi connectivity index (χ2n) is 10.6. The molecular weight excluding hydrogens is 948 g/mol. The first kappa shape index (κ1) is 36.2. The van der Waals surface area contributed by atoms with Crippen LogP contribution in [0.1, 0.15) is 0 Å². The van der Waals surface area contributed by atoms with Gasteiger partial charge in [0.05, 0.1) is 11.4 Å². The molecule has 50 heavy (non-hydrogen) atoms. The molecule has 0 heterocycles. The van der Waals surface area contributed by atoms with E-state index in [-0.39, 0.29) is 22.7 Å². The number of anilines is 2. The number of nitrogens with two attached hydrogens (primary N) is 2. The third-order valence-corrected chi connectivity index (χ3v) is 11.6. The summed E-state index contributed by atoms with van der Waals surface area (Å²) < 4.78 is 70.7. The Morgan fingerprint density at radius 3 is 1.10 bits per heavy atom. The van der Waals surface area contributed by atoms with E-state index in [0.717, 1.165) is 0 Å². The van der Waals surface area contributed by atoms with Gasteiger partial charge < -0.3 is 11.5 Å². The summed E-state index contributed by atoms with van der Waals surface area (Å²) in [5.41, 5.74) is 14.3. The quantitative estimate of drug-likeness (QED) is 0.0685. The summed E-state index contributed by atoms with van der Waals surface area (Å²) >= 11 is 14.1. The summed E-state index contributed by atoms with van der Waals surface area (Å²) in [6.45, 7) is 0. The first-order valence-electron chi connectivity index (χ1n) is 13.9. The molecule has 12 nitrogen and oxygen atoms in total. The summed E-state index contributed by atoms with van der Waals surface area (Å²) in [5, 5.41) is 18.9. The molecule has 0 bridgehead atoms. The average Bonchev–Trinajstić information content (AvgIpc) is 3.04. The van der Waals surface area contributed by atoms with Crippen molar-refractivity contribution >= 4 is 140 Å². The van der Waals surface area contributed by atoms with Gasteiger partial charge in [-0.15, -0.1) is 20.5 Å². The molecule has 0 saturated carbocycles. The van der Waals surface area contributed by atoms with Gasteiger partial charge in [-0.2, -0.15) is 16.8 Å². The van der Waals surface area contributed by atoms with Gasteiger partial charge in [0.2, 0.25) is 0 Å². The van der Waals surface area contributed by atoms with Crippen LogP contribution in [0.2, 0.25) is 0 Å². The predicted octanol–water partition coefficient (Wildman–Crippen LogP) is 11.2. The molecule has 18 heteroatoms. The highest BCUT2D eigenvalue weighted by Gasteiger charge is 2.23. The van der Waals surface area contributed by atoms with Crippen LogP contribution in [0.3, 0.4) is 0 Å². The summed E-state index contributed by atoms with van der Waals surface area (Å²) in [5.74, 6) is 0. The summed E-state index contributed by atoms with van der Waals surface area (Å²) in [4.78, 5) is -0.962. The molecule has 6 aromatic carbocycles. The summed E-state index contributed by atoms with van der Waals surface area (Å²) in [6.07, 6.45) is 0. The minimum absolute atomic E-state index is 0.0350. The van der Waals surface area contributed by atoms with Gasteiger partial charge >= 0.3 is 0 Å². The van der Waals surface area contributed by atoms with E-state index >= 15 is 0 Å². The molecule has 6 N–H and O–H groups in total. The molecule has 6 rings (SSSR count). The molecule has 0 amide bonds. The number of rotatable bonds is 7. The largest absolute Gasteiger partial charge is 0.396 e. The fourth-order valence-electron chi connectivity index (χ4n) is 5.13. The average molecular weight is 968 g/mol. The van der Waals surface area contributed by atoms with Crippen molar-refractivity contribution in [3.8, 4) is 11.1 Å². The molecule has 0 unspecified atom stereocenters. The lowest BCUT2D eigenvalue weighted by Gasteiger charge is -2.12. The summed E-state index contributed by atoms with van der Waals surface area (Å²) in [7, 11) is -9.38. The topological polar surface area (TPSA) is 210 Å². The van der Waals surface area contributed by atoms with Crippen LogP contribution in [0.5, 0.6) is 0 Å². The standard InChI is InChI=1S/C32H20Br4N6O6S2/c33-21-9-17(10-22(34)29(21)39-41-31-25(49(43,44)45)13-15-5-1-3-7-19(15)27(31)37)18-11-23(35)30(24(36)12-18)40-42-32-26(50(46,47)48)14-16-6-2-4-8-20(16)28(32)38/h1-14H,37-38H2,(H,43,44,45)(H,46,47,48). The van der Waals surface area contributed by atoms with Crippen LogP contribution < -0.4 is 11.5 Å². The molecule has 0 aliphatic rings. The Morgan fingerprint density at radius 2 is 0.780 bits per heavy atom. The molecule has 6 aromatic rings. The highest BCUT2D eigenvalue weighted by molar-refractivity contribution is 9.11. The van der Waals surface area contributed by atoms with Crippen LogP contribution in [-0.4, -0.2) is 25.9 Å². The van der Waals surface area contributed by atoms with Gasteiger partial charge in [-0.1, -0.05) is 48.5 Å². The van der Waals surface area contributed by atoms with Crippen LogP contribution in [0.4, 0.5) is 34.1 Å². The van der Waals surface area contributed by atoms with E-state index in [0.29, 0.717) is 61.9 Å². The Hall–Kier alpha value is -3.62. The van der Waals surface area contributed by atoms with Crippen molar-refractivity contribution in [3.05, 3.63) is 103 Å². The maximum absolute atomic E-state index is 12.2. The van der Waals surface area contributed by atoms with Gasteiger partial charge in [-0.25, -0.2) is 0 Å². The zero-order chi connectivity index (χ0) is 36.1. The SMILES string of the molecule is Nc1c(N=Nc2c(Br)cc(-c3cc(Br)c(N=Nc4c(S(=O)(=O)O)cc5ccccc5c4N)c(Br)c3)cc2Br)c(S(=O)(=O)O)cc2ccccc12. The predicted molar refractivity (Wildman–Crippen MR) is 207 cm³/mol. The Bertz CT molecular complexity index is 2460. The van der Waals surface area contributed by atoms with Crippen molar-refractivity contribution in [2.45, 2.75) is 9.79 Å². The fraction of sp³-hybridized carbons (Fsp3) is 0. The molecule has 0 radical (unpaired) electrons. The number of azo groups is 2. The number of hydrogen-bond acceptors (Lipinski definition) is 10. The molecule has 0 aromatic heterocycles. The van der Waals surface area contributed by atoms with Crippen LogP contribution in [-0.2, 0) is 20.2 Å². The minimum Gasteiger partial charge on any atom is -0.396 e. The van der Waals surface area contributed by atoms with Crippen LogP contribution >= 0.6 is 63.7 Å². The first-order valence-corrected chi connectivity index (χ1v) is 20.0. The molecule has 0 aliphatic heterocycles. The van der Waals surface area contributed by atoms with E-state index in [1.54, 1.807) is 72.8 Å². The van der Waals surface area contributed by atoms with Crippen LogP contribution in [0.15, 0.2) is 133 Å². The number of hydrogen-bond donors (Lipinski definition) is 4. The van der Waals surface area contributed by atoms with Gasteiger partial charge in [-0.05, 0) is 122 Å². The van der Waals surface area contributed by atoms with Crippen molar-refractivity contribution < 1.29 is 25.9 Å². The monoisotopic (exact) mass is 964 g/mol. The zero-order valence-electron chi connectivity index (χ0n) is 24.9. The van der Waals surface area contributed by atoms with Gasteiger partial charge in [0.1, 0.15) is 32.5 Å². The Balaban J connectivity index is 1.36. The molecule has 0 atom stereocenters. The van der Waals surface area contributed by atoms with Crippen molar-refractivity contribution in [3.63, 3.8) is 0 Å². The van der Waals surface area contributed by atoms with Crippen molar-refractivity contribution in [1.29, 1.82) is 0 Å². The van der Waals surface area contributed by atoms with Crippen LogP contribution in [0.25, 0.3) is 32.7 Å². The molecule has 0 fully saturated rings. The van der Waals surface area contributed by atoms with E-state index in [4.69, 9.17) is 11.5 Å². The van der Waals surface area contributed by atoms with Crippen molar-refractivity contribution in [2.24, 2.45) is 20.5 Å². The lowest BCUT2D eigenvalue weighted by atomic mass is 10.1. The number of benzene rings is 6. The Labute approximate surface area is 318 Å². The third kappa shape index (κ3) is 7.11. The Morgan fingerprint density at radius 1 is 0.480 bits per heavy atom. The van der Waals surface area contributed by atoms with Gasteiger partial charge in [0.15, 0.2) is 0 Å². The van der Waals surface area contributed by atoms with E-state index in [1.165, 1.54) is 12.1 Å². The van der Waals surface area contributed by atoms with E-state index in [1.807, 2.05) is 0 Å². The van der Waals surface area contributed by atoms with E-state index < -0.39 is 30.0 Å². The third-order valence-electron chi connectivity index (χ3n) is 7.48. The number of fused-ring (bicyclic) bond motifs is 2. The van der Waals surface area contributed by atoms with E-state index in [2.05, 4.69) is 84.2 Å². The smallest absolute Gasteiger partial charge is 0.296 e. The zero-order valence-corrected chi connectivity index (χ0v) is 32.9. The Kier molecular flexibility index (Phi) is 10.0. The second-order valence-corrected chi connectivity index (χ2v) is 16.8. The highest BCUT2D eigenvalue weighted by Crippen LogP contribution is 2.45. The van der Waals surface area contributed by atoms with Crippen molar-refractivity contribution in [1.82, 2.24) is 0 Å². The minimum atomic E-state index is -4.69. The summed E-state index contributed by atoms with van der Waals surface area (Å²) in [6, 6.07) is 23.3. The molecule has 0 spiro atoms. The molecule has 0 saturated heterocycles. The van der Waals surface area contributed by atoms with Crippen molar-refractivity contribution in [2.75, 3.05) is 11.5 Å². The number of nitrogen functional groups attached to an aromatic ring is 2. The highest BCUT2D eigenvalue weighted by atomic mass is 79.9. The lowest BCUT2D eigenvalue weighted by molar-refractivity contribution is 0.481. The molecular formula is C32H20Br4N6O6S2. The van der Waals surface area contributed by atoms with Crippen LogP contribution in [0, 0.1) is 0 Å². The molecule has 0 aliphatic carbocycles. The maximum Gasteiger partial charge on any atom is 0.296 e. The lowest BCUT2D eigenvalue weighted by Crippen LogP contribution is -2.01. The van der Waals surface area contributed by atoms with Gasteiger partial charge in [0.25, 0.3) is 20.2 Å². The second kappa shape index (κ2) is 13.8. The first-order chi connectivity index (χ1) is 23.5. The molecule has 254 valence electrons. The normalized spacial score (nSPS) is 12.5. The van der Waals surface area contributed by atoms with Gasteiger partial charge in [0, 0.05) is 28.7 Å². The maximum atomic E-state index is 12.2.